The van der Waals surface area contributed by atoms with E-state index in [2.05, 4.69) is 5.32 Å². The van der Waals surface area contributed by atoms with Crippen LogP contribution in [0.3, 0.4) is 0 Å². The van der Waals surface area contributed by atoms with Crippen LogP contribution in [0.2, 0.25) is 0 Å². The van der Waals surface area contributed by atoms with Crippen LogP contribution >= 0.6 is 0 Å². The van der Waals surface area contributed by atoms with Gasteiger partial charge in [0.05, 0.1) is 10.3 Å². The van der Waals surface area contributed by atoms with Crippen LogP contribution in [-0.2, 0) is 20.0 Å². The Labute approximate surface area is 130 Å². The van der Waals surface area contributed by atoms with Gasteiger partial charge in [0.25, 0.3) is 0 Å². The quantitative estimate of drug-likeness (QED) is 0.943. The summed E-state index contributed by atoms with van der Waals surface area (Å²) in [6.07, 6.45) is 2.84. The minimum Gasteiger partial charge on any atom is -0.325 e. The molecule has 0 bridgehead atoms. The zero-order valence-corrected chi connectivity index (χ0v) is 13.1. The molecule has 0 heterocycles. The third-order valence-electron chi connectivity index (χ3n) is 4.05. The summed E-state index contributed by atoms with van der Waals surface area (Å²) in [6, 6.07) is 16.0. The molecule has 0 radical (unpaired) electrons. The van der Waals surface area contributed by atoms with Crippen LogP contribution in [0.5, 0.6) is 0 Å². The lowest BCUT2D eigenvalue weighted by Crippen LogP contribution is -2.27. The molecule has 22 heavy (non-hydrogen) atoms. The molecule has 0 spiro atoms. The second-order valence-electron chi connectivity index (χ2n) is 5.70. The smallest absolute Gasteiger partial charge is 0.235 e. The Kier molecular flexibility index (Phi) is 3.53. The largest absolute Gasteiger partial charge is 0.325 e. The molecule has 0 atom stereocenters. The summed E-state index contributed by atoms with van der Waals surface area (Å²) in [6.45, 7) is 0. The van der Waals surface area contributed by atoms with Crippen molar-refractivity contribution < 1.29 is 13.2 Å². The zero-order valence-electron chi connectivity index (χ0n) is 12.2. The van der Waals surface area contributed by atoms with Crippen molar-refractivity contribution in [2.24, 2.45) is 0 Å². The Hall–Kier alpha value is -2.14. The van der Waals surface area contributed by atoms with Crippen LogP contribution in [0.25, 0.3) is 0 Å². The zero-order chi connectivity index (χ0) is 15.8. The molecule has 0 aromatic heterocycles. The van der Waals surface area contributed by atoms with Crippen LogP contribution in [0.4, 0.5) is 5.69 Å². The van der Waals surface area contributed by atoms with Crippen molar-refractivity contribution in [3.63, 3.8) is 0 Å². The Bertz CT molecular complexity index is 792. The van der Waals surface area contributed by atoms with E-state index in [1.165, 1.54) is 12.1 Å². The minimum atomic E-state index is -3.22. The molecule has 1 amide bonds. The molecule has 114 valence electrons. The highest BCUT2D eigenvalue weighted by atomic mass is 32.2. The number of nitrogens with one attached hydrogen (secondary N) is 1. The number of rotatable bonds is 4. The van der Waals surface area contributed by atoms with Crippen LogP contribution < -0.4 is 5.32 Å². The lowest BCUT2D eigenvalue weighted by Gasteiger charge is -2.16. The van der Waals surface area contributed by atoms with Crippen molar-refractivity contribution in [1.29, 1.82) is 0 Å². The maximum absolute atomic E-state index is 12.5. The fraction of sp³-hybridized carbons (Fsp3) is 0.235. The van der Waals surface area contributed by atoms with Gasteiger partial charge in [-0.25, -0.2) is 8.42 Å². The molecule has 1 saturated carbocycles. The summed E-state index contributed by atoms with van der Waals surface area (Å²) in [5, 5.41) is 2.89. The van der Waals surface area contributed by atoms with Crippen LogP contribution in [0.1, 0.15) is 18.4 Å². The highest BCUT2D eigenvalue weighted by Gasteiger charge is 2.51. The third kappa shape index (κ3) is 2.76. The van der Waals surface area contributed by atoms with Crippen molar-refractivity contribution in [1.82, 2.24) is 0 Å². The number of sulfone groups is 1. The third-order valence-corrected chi connectivity index (χ3v) is 5.18. The molecule has 1 fully saturated rings. The standard InChI is InChI=1S/C17H17NO3S/c1-22(20,21)15-9-7-14(8-10-15)18-16(19)17(11-12-17)13-5-3-2-4-6-13/h2-10H,11-12H2,1H3,(H,18,19). The summed E-state index contributed by atoms with van der Waals surface area (Å²) in [5.41, 5.74) is 1.20. The second kappa shape index (κ2) is 5.25. The monoisotopic (exact) mass is 315 g/mol. The van der Waals surface area contributed by atoms with Crippen molar-refractivity contribution in [2.45, 2.75) is 23.2 Å². The summed E-state index contributed by atoms with van der Waals surface area (Å²) in [7, 11) is -3.22. The van der Waals surface area contributed by atoms with Gasteiger partial charge in [-0.15, -0.1) is 0 Å². The first-order valence-electron chi connectivity index (χ1n) is 7.09. The summed E-state index contributed by atoms with van der Waals surface area (Å²) < 4.78 is 22.9. The molecule has 0 aliphatic heterocycles. The van der Waals surface area contributed by atoms with Crippen LogP contribution in [0, 0.1) is 0 Å². The molecule has 2 aromatic rings. The van der Waals surface area contributed by atoms with Gasteiger partial charge in [-0.3, -0.25) is 4.79 Å². The highest BCUT2D eigenvalue weighted by Crippen LogP contribution is 2.48. The van der Waals surface area contributed by atoms with E-state index in [1.807, 2.05) is 30.3 Å². The molecule has 1 aliphatic rings. The first-order valence-corrected chi connectivity index (χ1v) is 8.98. The molecular formula is C17H17NO3S. The van der Waals surface area contributed by atoms with Gasteiger partial charge in [0, 0.05) is 11.9 Å². The van der Waals surface area contributed by atoms with Crippen LogP contribution in [-0.4, -0.2) is 20.6 Å². The Balaban J connectivity index is 1.78. The first kappa shape index (κ1) is 14.8. The molecule has 1 aliphatic carbocycles. The molecular weight excluding hydrogens is 298 g/mol. The maximum atomic E-state index is 12.5. The van der Waals surface area contributed by atoms with E-state index in [0.717, 1.165) is 24.7 Å². The van der Waals surface area contributed by atoms with Gasteiger partial charge in [-0.05, 0) is 42.7 Å². The molecule has 0 unspecified atom stereocenters. The van der Waals surface area contributed by atoms with Crippen molar-refractivity contribution in [3.8, 4) is 0 Å². The van der Waals surface area contributed by atoms with E-state index in [4.69, 9.17) is 0 Å². The Morgan fingerprint density at radius 1 is 1.00 bits per heavy atom. The van der Waals surface area contributed by atoms with E-state index >= 15 is 0 Å². The predicted octanol–water partition coefficient (Wildman–Crippen LogP) is 2.76. The van der Waals surface area contributed by atoms with Gasteiger partial charge in [-0.2, -0.15) is 0 Å². The fourth-order valence-electron chi connectivity index (χ4n) is 2.57. The van der Waals surface area contributed by atoms with E-state index in [9.17, 15) is 13.2 Å². The lowest BCUT2D eigenvalue weighted by molar-refractivity contribution is -0.118. The number of carbonyl (C=O) groups is 1. The van der Waals surface area contributed by atoms with Crippen molar-refractivity contribution in [2.75, 3.05) is 11.6 Å². The molecule has 2 aromatic carbocycles. The Morgan fingerprint density at radius 3 is 2.09 bits per heavy atom. The number of hydrogen-bond acceptors (Lipinski definition) is 3. The van der Waals surface area contributed by atoms with Crippen molar-refractivity contribution in [3.05, 3.63) is 60.2 Å². The second-order valence-corrected chi connectivity index (χ2v) is 7.71. The number of hydrogen-bond donors (Lipinski definition) is 1. The van der Waals surface area contributed by atoms with E-state index < -0.39 is 15.3 Å². The van der Waals surface area contributed by atoms with Crippen molar-refractivity contribution >= 4 is 21.4 Å². The van der Waals surface area contributed by atoms with Gasteiger partial charge < -0.3 is 5.32 Å². The minimum absolute atomic E-state index is 0.0363. The summed E-state index contributed by atoms with van der Waals surface area (Å²) in [4.78, 5) is 12.8. The molecule has 3 rings (SSSR count). The summed E-state index contributed by atoms with van der Waals surface area (Å²) in [5.74, 6) is -0.0363. The fourth-order valence-corrected chi connectivity index (χ4v) is 3.20. The summed E-state index contributed by atoms with van der Waals surface area (Å²) >= 11 is 0. The molecule has 5 heteroatoms. The average Bonchev–Trinajstić information content (AvgIpc) is 3.29. The van der Waals surface area contributed by atoms with Gasteiger partial charge in [0.1, 0.15) is 0 Å². The number of benzene rings is 2. The number of amides is 1. The van der Waals surface area contributed by atoms with Gasteiger partial charge in [0.15, 0.2) is 9.84 Å². The normalized spacial score (nSPS) is 16.0. The lowest BCUT2D eigenvalue weighted by atomic mass is 9.95. The first-order chi connectivity index (χ1) is 10.4. The van der Waals surface area contributed by atoms with Gasteiger partial charge in [0.2, 0.25) is 5.91 Å². The van der Waals surface area contributed by atoms with E-state index in [-0.39, 0.29) is 10.8 Å². The molecule has 4 nitrogen and oxygen atoms in total. The van der Waals surface area contributed by atoms with Gasteiger partial charge in [-0.1, -0.05) is 30.3 Å². The molecule has 1 N–H and O–H groups in total. The topological polar surface area (TPSA) is 63.2 Å². The molecule has 0 saturated heterocycles. The van der Waals surface area contributed by atoms with E-state index in [1.54, 1.807) is 12.1 Å². The maximum Gasteiger partial charge on any atom is 0.235 e. The Morgan fingerprint density at radius 2 is 1.59 bits per heavy atom. The number of anilines is 1. The average molecular weight is 315 g/mol. The SMILES string of the molecule is CS(=O)(=O)c1ccc(NC(=O)C2(c3ccccc3)CC2)cc1. The number of carbonyl (C=O) groups excluding carboxylic acids is 1. The van der Waals surface area contributed by atoms with Gasteiger partial charge >= 0.3 is 0 Å². The predicted molar refractivity (Wildman–Crippen MR) is 85.5 cm³/mol. The van der Waals surface area contributed by atoms with Crippen LogP contribution in [0.15, 0.2) is 59.5 Å². The van der Waals surface area contributed by atoms with E-state index in [0.29, 0.717) is 5.69 Å². The highest BCUT2D eigenvalue weighted by molar-refractivity contribution is 7.90.